The standard InChI is InChI=1S/C22H25N3O4/c26-20-7-3-13-24(20)17-10-8-16(9-11-17)15-23-21(27)18-5-1-2-12-25(18)22(28)19-6-4-14-29-19/h4,6,8-11,14,18H,1-3,5,7,12-13,15H2,(H,23,27). The van der Waals surface area contributed by atoms with Crippen molar-refractivity contribution in [1.29, 1.82) is 0 Å². The first-order valence-electron chi connectivity index (χ1n) is 10.1. The highest BCUT2D eigenvalue weighted by molar-refractivity contribution is 5.96. The van der Waals surface area contributed by atoms with Gasteiger partial charge in [0, 0.05) is 31.7 Å². The Morgan fingerprint density at radius 2 is 1.90 bits per heavy atom. The summed E-state index contributed by atoms with van der Waals surface area (Å²) in [5.74, 6) is 0.0271. The maximum absolute atomic E-state index is 12.8. The topological polar surface area (TPSA) is 82.9 Å². The average Bonchev–Trinajstić information content (AvgIpc) is 3.44. The Bertz CT molecular complexity index is 876. The van der Waals surface area contributed by atoms with Gasteiger partial charge in [-0.15, -0.1) is 0 Å². The second-order valence-electron chi connectivity index (χ2n) is 7.52. The van der Waals surface area contributed by atoms with Gasteiger partial charge in [0.1, 0.15) is 6.04 Å². The molecule has 2 aliphatic rings. The summed E-state index contributed by atoms with van der Waals surface area (Å²) in [6.07, 6.45) is 5.41. The van der Waals surface area contributed by atoms with Crippen molar-refractivity contribution >= 4 is 23.4 Å². The van der Waals surface area contributed by atoms with Gasteiger partial charge in [0.25, 0.3) is 5.91 Å². The van der Waals surface area contributed by atoms with E-state index in [1.807, 2.05) is 24.3 Å². The minimum absolute atomic E-state index is 0.150. The van der Waals surface area contributed by atoms with E-state index < -0.39 is 6.04 Å². The molecule has 7 heteroatoms. The summed E-state index contributed by atoms with van der Waals surface area (Å²) in [4.78, 5) is 40.7. The van der Waals surface area contributed by atoms with E-state index in [4.69, 9.17) is 4.42 Å². The molecule has 29 heavy (non-hydrogen) atoms. The van der Waals surface area contributed by atoms with Crippen LogP contribution in [0.1, 0.15) is 48.2 Å². The van der Waals surface area contributed by atoms with E-state index >= 15 is 0 Å². The molecular weight excluding hydrogens is 370 g/mol. The van der Waals surface area contributed by atoms with Crippen LogP contribution in [0.2, 0.25) is 0 Å². The van der Waals surface area contributed by atoms with Gasteiger partial charge in [0.05, 0.1) is 6.26 Å². The molecule has 1 aromatic carbocycles. The zero-order valence-electron chi connectivity index (χ0n) is 16.3. The zero-order valence-corrected chi connectivity index (χ0v) is 16.3. The number of likely N-dealkylation sites (tertiary alicyclic amines) is 1. The number of nitrogens with zero attached hydrogens (tertiary/aromatic N) is 2. The highest BCUT2D eigenvalue weighted by atomic mass is 16.3. The fourth-order valence-corrected chi connectivity index (χ4v) is 4.01. The number of amides is 3. The molecule has 0 spiro atoms. The molecule has 0 aliphatic carbocycles. The first kappa shape index (κ1) is 19.2. The van der Waals surface area contributed by atoms with Crippen molar-refractivity contribution in [2.75, 3.05) is 18.0 Å². The number of rotatable bonds is 5. The monoisotopic (exact) mass is 395 g/mol. The van der Waals surface area contributed by atoms with Gasteiger partial charge >= 0.3 is 0 Å². The van der Waals surface area contributed by atoms with Crippen LogP contribution in [0.25, 0.3) is 0 Å². The van der Waals surface area contributed by atoms with Crippen LogP contribution in [-0.4, -0.2) is 41.8 Å². The van der Waals surface area contributed by atoms with Gasteiger partial charge in [-0.25, -0.2) is 0 Å². The summed E-state index contributed by atoms with van der Waals surface area (Å²) in [5.41, 5.74) is 1.85. The molecule has 1 unspecified atom stereocenters. The Kier molecular flexibility index (Phi) is 5.64. The van der Waals surface area contributed by atoms with Gasteiger partial charge in [-0.2, -0.15) is 0 Å². The lowest BCUT2D eigenvalue weighted by Crippen LogP contribution is -2.51. The van der Waals surface area contributed by atoms with E-state index in [1.54, 1.807) is 21.9 Å². The number of furan rings is 1. The second-order valence-corrected chi connectivity index (χ2v) is 7.52. The van der Waals surface area contributed by atoms with E-state index in [0.29, 0.717) is 25.9 Å². The van der Waals surface area contributed by atoms with Crippen LogP contribution >= 0.6 is 0 Å². The van der Waals surface area contributed by atoms with Gasteiger partial charge in [0.15, 0.2) is 5.76 Å². The minimum atomic E-state index is -0.483. The van der Waals surface area contributed by atoms with Crippen LogP contribution in [-0.2, 0) is 16.1 Å². The van der Waals surface area contributed by atoms with Gasteiger partial charge in [-0.3, -0.25) is 14.4 Å². The number of anilines is 1. The predicted octanol–water partition coefficient (Wildman–Crippen LogP) is 2.72. The Labute approximate surface area is 169 Å². The lowest BCUT2D eigenvalue weighted by atomic mass is 10.0. The lowest BCUT2D eigenvalue weighted by Gasteiger charge is -2.34. The Hall–Kier alpha value is -3.09. The highest BCUT2D eigenvalue weighted by Crippen LogP contribution is 2.22. The highest BCUT2D eigenvalue weighted by Gasteiger charge is 2.33. The van der Waals surface area contributed by atoms with Gasteiger partial charge < -0.3 is 19.5 Å². The molecule has 0 saturated carbocycles. The molecule has 3 heterocycles. The fraction of sp³-hybridized carbons (Fsp3) is 0.409. The predicted molar refractivity (Wildman–Crippen MR) is 107 cm³/mol. The molecular formula is C22H25N3O4. The van der Waals surface area contributed by atoms with Crippen molar-refractivity contribution in [3.8, 4) is 0 Å². The van der Waals surface area contributed by atoms with Crippen molar-refractivity contribution in [2.24, 2.45) is 0 Å². The van der Waals surface area contributed by atoms with Crippen LogP contribution in [0.3, 0.4) is 0 Å². The molecule has 1 N–H and O–H groups in total. The summed E-state index contributed by atoms with van der Waals surface area (Å²) in [6.45, 7) is 1.69. The molecule has 4 rings (SSSR count). The molecule has 1 aromatic heterocycles. The van der Waals surface area contributed by atoms with Crippen molar-refractivity contribution in [1.82, 2.24) is 10.2 Å². The Balaban J connectivity index is 1.36. The molecule has 2 fully saturated rings. The molecule has 2 aliphatic heterocycles. The summed E-state index contributed by atoms with van der Waals surface area (Å²) in [6, 6.07) is 10.5. The van der Waals surface area contributed by atoms with E-state index in [9.17, 15) is 14.4 Å². The molecule has 7 nitrogen and oxygen atoms in total. The van der Waals surface area contributed by atoms with Gasteiger partial charge in [-0.05, 0) is 55.5 Å². The third kappa shape index (κ3) is 4.18. The van der Waals surface area contributed by atoms with Crippen molar-refractivity contribution in [3.05, 3.63) is 54.0 Å². The molecule has 152 valence electrons. The number of piperidine rings is 1. The van der Waals surface area contributed by atoms with Gasteiger partial charge in [0.2, 0.25) is 11.8 Å². The molecule has 2 saturated heterocycles. The summed E-state index contributed by atoms with van der Waals surface area (Å²) >= 11 is 0. The molecule has 1 atom stereocenters. The number of nitrogens with one attached hydrogen (secondary N) is 1. The molecule has 0 radical (unpaired) electrons. The maximum Gasteiger partial charge on any atom is 0.290 e. The third-order valence-corrected chi connectivity index (χ3v) is 5.59. The van der Waals surface area contributed by atoms with Crippen LogP contribution in [0.5, 0.6) is 0 Å². The van der Waals surface area contributed by atoms with E-state index in [1.165, 1.54) is 6.26 Å². The number of carbonyl (C=O) groups excluding carboxylic acids is 3. The quantitative estimate of drug-likeness (QED) is 0.844. The van der Waals surface area contributed by atoms with Crippen molar-refractivity contribution in [2.45, 2.75) is 44.7 Å². The Morgan fingerprint density at radius 3 is 2.59 bits per heavy atom. The first-order valence-corrected chi connectivity index (χ1v) is 10.1. The Morgan fingerprint density at radius 1 is 1.07 bits per heavy atom. The fourth-order valence-electron chi connectivity index (χ4n) is 4.01. The molecule has 2 aromatic rings. The van der Waals surface area contributed by atoms with Gasteiger partial charge in [-0.1, -0.05) is 12.1 Å². The summed E-state index contributed by atoms with van der Waals surface area (Å²) in [7, 11) is 0. The average molecular weight is 395 g/mol. The molecule has 0 bridgehead atoms. The minimum Gasteiger partial charge on any atom is -0.459 e. The van der Waals surface area contributed by atoms with E-state index in [-0.39, 0.29) is 23.5 Å². The first-order chi connectivity index (χ1) is 14.1. The number of benzene rings is 1. The normalized spacial score (nSPS) is 19.4. The van der Waals surface area contributed by atoms with E-state index in [0.717, 1.165) is 37.1 Å². The van der Waals surface area contributed by atoms with Crippen LogP contribution in [0.15, 0.2) is 47.1 Å². The van der Waals surface area contributed by atoms with Crippen LogP contribution < -0.4 is 10.2 Å². The number of hydrogen-bond acceptors (Lipinski definition) is 4. The summed E-state index contributed by atoms with van der Waals surface area (Å²) in [5, 5.41) is 2.95. The third-order valence-electron chi connectivity index (χ3n) is 5.59. The second kappa shape index (κ2) is 8.51. The zero-order chi connectivity index (χ0) is 20.2. The van der Waals surface area contributed by atoms with Crippen LogP contribution in [0, 0.1) is 0 Å². The molecule has 3 amide bonds. The smallest absolute Gasteiger partial charge is 0.290 e. The lowest BCUT2D eigenvalue weighted by molar-refractivity contribution is -0.126. The number of hydrogen-bond donors (Lipinski definition) is 1. The van der Waals surface area contributed by atoms with E-state index in [2.05, 4.69) is 5.32 Å². The van der Waals surface area contributed by atoms with Crippen molar-refractivity contribution in [3.63, 3.8) is 0 Å². The van der Waals surface area contributed by atoms with Crippen molar-refractivity contribution < 1.29 is 18.8 Å². The number of carbonyl (C=O) groups is 3. The largest absolute Gasteiger partial charge is 0.459 e. The maximum atomic E-state index is 12.8. The van der Waals surface area contributed by atoms with Crippen LogP contribution in [0.4, 0.5) is 5.69 Å². The SMILES string of the molecule is O=C(NCc1ccc(N2CCCC2=O)cc1)C1CCCCN1C(=O)c1ccco1. The summed E-state index contributed by atoms with van der Waals surface area (Å²) < 4.78 is 5.22.